The van der Waals surface area contributed by atoms with E-state index in [0.29, 0.717) is 0 Å². The summed E-state index contributed by atoms with van der Waals surface area (Å²) in [5.74, 6) is 0.747. The Bertz CT molecular complexity index is 1050. The molecule has 0 fully saturated rings. The van der Waals surface area contributed by atoms with E-state index in [2.05, 4.69) is 20.8 Å². The van der Waals surface area contributed by atoms with Crippen molar-refractivity contribution in [2.45, 2.75) is 13.8 Å². The van der Waals surface area contributed by atoms with Crippen molar-refractivity contribution in [3.63, 3.8) is 0 Å². The molecule has 7 nitrogen and oxygen atoms in total. The minimum absolute atomic E-state index is 0.747. The van der Waals surface area contributed by atoms with Crippen molar-refractivity contribution in [2.24, 2.45) is 0 Å². The van der Waals surface area contributed by atoms with E-state index in [-0.39, 0.29) is 0 Å². The number of aromatic nitrogens is 4. The lowest BCUT2D eigenvalue weighted by Crippen LogP contribution is -2.04. The van der Waals surface area contributed by atoms with Crippen molar-refractivity contribution in [1.82, 2.24) is 19.4 Å². The Hall–Kier alpha value is -3.19. The van der Waals surface area contributed by atoms with Gasteiger partial charge in [0.2, 0.25) is 0 Å². The molecule has 0 spiro atoms. The second-order valence-electron chi connectivity index (χ2n) is 5.86. The van der Waals surface area contributed by atoms with Crippen molar-refractivity contribution in [2.75, 3.05) is 17.9 Å². The summed E-state index contributed by atoms with van der Waals surface area (Å²) in [6.45, 7) is 4.05. The quantitative estimate of drug-likeness (QED) is 0.555. The molecule has 2 N–H and O–H groups in total. The number of anilines is 3. The van der Waals surface area contributed by atoms with Crippen LogP contribution in [0.5, 0.6) is 0 Å². The molecule has 0 saturated heterocycles. The predicted molar refractivity (Wildman–Crippen MR) is 98.1 cm³/mol. The highest BCUT2D eigenvalue weighted by molar-refractivity contribution is 5.93. The summed E-state index contributed by atoms with van der Waals surface area (Å²) in [6.07, 6.45) is 7.25. The van der Waals surface area contributed by atoms with Gasteiger partial charge in [-0.2, -0.15) is 0 Å². The van der Waals surface area contributed by atoms with Gasteiger partial charge in [0.25, 0.3) is 0 Å². The van der Waals surface area contributed by atoms with Crippen LogP contribution in [0.15, 0.2) is 43.1 Å². The first kappa shape index (κ1) is 15.3. The molecule has 4 aromatic rings. The van der Waals surface area contributed by atoms with Gasteiger partial charge < -0.3 is 5.32 Å². The van der Waals surface area contributed by atoms with Crippen LogP contribution in [0.2, 0.25) is 0 Å². The normalized spacial score (nSPS) is 11.2. The highest BCUT2D eigenvalue weighted by Gasteiger charge is 2.13. The number of hydrogen-bond donors (Lipinski definition) is 2. The van der Waals surface area contributed by atoms with Crippen LogP contribution in [0.25, 0.3) is 16.6 Å². The van der Waals surface area contributed by atoms with Crippen LogP contribution in [0.3, 0.4) is 0 Å². The molecule has 0 amide bonds. The van der Waals surface area contributed by atoms with E-state index in [0.717, 1.165) is 44.9 Å². The van der Waals surface area contributed by atoms with Crippen LogP contribution < -0.4 is 10.8 Å². The first-order valence-electron chi connectivity index (χ1n) is 7.91. The zero-order chi connectivity index (χ0) is 17.4. The number of nitrogens with zero attached hydrogens (tertiary/aromatic N) is 4. The summed E-state index contributed by atoms with van der Waals surface area (Å²) in [5, 5.41) is 3.45. The summed E-state index contributed by atoms with van der Waals surface area (Å²) >= 11 is 0. The number of hydrogen-bond acceptors (Lipinski definition) is 6. The number of benzene rings is 1. The molecule has 0 bridgehead atoms. The van der Waals surface area contributed by atoms with Gasteiger partial charge in [0, 0.05) is 18.1 Å². The van der Waals surface area contributed by atoms with Crippen LogP contribution in [-0.2, 0) is 4.84 Å². The summed E-state index contributed by atoms with van der Waals surface area (Å²) in [6, 6.07) is 5.84. The Morgan fingerprint density at radius 2 is 1.84 bits per heavy atom. The first-order chi connectivity index (χ1) is 12.2. The Kier molecular flexibility index (Phi) is 3.70. The number of pyridine rings is 1. The van der Waals surface area contributed by atoms with E-state index in [1.807, 2.05) is 48.8 Å². The molecule has 0 aliphatic heterocycles. The van der Waals surface area contributed by atoms with Crippen LogP contribution in [0, 0.1) is 13.8 Å². The molecule has 3 heterocycles. The molecular weight excluding hydrogens is 316 g/mol. The summed E-state index contributed by atoms with van der Waals surface area (Å²) in [5.41, 5.74) is 9.50. The summed E-state index contributed by atoms with van der Waals surface area (Å²) in [7, 11) is 1.59. The van der Waals surface area contributed by atoms with Gasteiger partial charge in [-0.25, -0.2) is 9.97 Å². The fourth-order valence-electron chi connectivity index (χ4n) is 3.00. The monoisotopic (exact) mass is 334 g/mol. The molecule has 7 heteroatoms. The summed E-state index contributed by atoms with van der Waals surface area (Å²) in [4.78, 5) is 18.4. The third-order valence-corrected chi connectivity index (χ3v) is 4.15. The maximum absolute atomic E-state index is 5.08. The molecule has 0 unspecified atom stereocenters. The van der Waals surface area contributed by atoms with Gasteiger partial charge in [0.15, 0.2) is 5.82 Å². The minimum Gasteiger partial charge on any atom is -0.338 e. The Balaban J connectivity index is 1.94. The number of imidazole rings is 1. The summed E-state index contributed by atoms with van der Waals surface area (Å²) < 4.78 is 2.00. The van der Waals surface area contributed by atoms with Crippen molar-refractivity contribution >= 4 is 33.7 Å². The molecule has 0 aliphatic carbocycles. The van der Waals surface area contributed by atoms with Crippen molar-refractivity contribution in [1.29, 1.82) is 0 Å². The number of nitrogens with one attached hydrogen (secondary N) is 2. The number of aryl methyl sites for hydroxylation is 2. The zero-order valence-corrected chi connectivity index (χ0v) is 14.2. The van der Waals surface area contributed by atoms with Gasteiger partial charge in [-0.3, -0.25) is 19.7 Å². The van der Waals surface area contributed by atoms with E-state index < -0.39 is 0 Å². The molecule has 0 atom stereocenters. The standard InChI is InChI=1S/C18H18N6O/c1-11-7-19-8-12(2)16(11)22-18-15-9-20-10-24(15)17-13(21-18)5-4-6-14(17)23-25-3/h4-10,23H,1-3H3,(H,19,21,22). The molecule has 4 rings (SSSR count). The van der Waals surface area contributed by atoms with Crippen molar-refractivity contribution in [3.8, 4) is 0 Å². The highest BCUT2D eigenvalue weighted by atomic mass is 16.6. The molecule has 0 saturated carbocycles. The topological polar surface area (TPSA) is 76.4 Å². The lowest BCUT2D eigenvalue weighted by atomic mass is 10.2. The van der Waals surface area contributed by atoms with Gasteiger partial charge in [0.05, 0.1) is 36.4 Å². The van der Waals surface area contributed by atoms with E-state index in [9.17, 15) is 0 Å². The Labute approximate surface area is 144 Å². The third kappa shape index (κ3) is 2.54. The lowest BCUT2D eigenvalue weighted by Gasteiger charge is -2.15. The van der Waals surface area contributed by atoms with Gasteiger partial charge in [-0.1, -0.05) is 6.07 Å². The second-order valence-corrected chi connectivity index (χ2v) is 5.86. The Morgan fingerprint density at radius 1 is 1.04 bits per heavy atom. The van der Waals surface area contributed by atoms with E-state index in [1.165, 1.54) is 0 Å². The van der Waals surface area contributed by atoms with Crippen LogP contribution in [-0.4, -0.2) is 26.5 Å². The average Bonchev–Trinajstić information content (AvgIpc) is 3.08. The average molecular weight is 334 g/mol. The van der Waals surface area contributed by atoms with Crippen molar-refractivity contribution < 1.29 is 4.84 Å². The second kappa shape index (κ2) is 6.03. The fourth-order valence-corrected chi connectivity index (χ4v) is 3.00. The molecular formula is C18H18N6O. The molecule has 0 radical (unpaired) electrons. The number of para-hydroxylation sites is 1. The van der Waals surface area contributed by atoms with Gasteiger partial charge >= 0.3 is 0 Å². The van der Waals surface area contributed by atoms with Gasteiger partial charge in [0.1, 0.15) is 5.52 Å². The first-order valence-corrected chi connectivity index (χ1v) is 7.91. The smallest absolute Gasteiger partial charge is 0.157 e. The van der Waals surface area contributed by atoms with Crippen LogP contribution in [0.4, 0.5) is 17.2 Å². The van der Waals surface area contributed by atoms with Gasteiger partial charge in [-0.05, 0) is 37.1 Å². The fraction of sp³-hybridized carbons (Fsp3) is 0.167. The minimum atomic E-state index is 0.747. The number of fused-ring (bicyclic) bond motifs is 3. The maximum atomic E-state index is 5.08. The molecule has 3 aromatic heterocycles. The highest BCUT2D eigenvalue weighted by Crippen LogP contribution is 2.30. The molecule has 1 aromatic carbocycles. The molecule has 25 heavy (non-hydrogen) atoms. The lowest BCUT2D eigenvalue weighted by molar-refractivity contribution is 0.271. The number of rotatable bonds is 4. The third-order valence-electron chi connectivity index (χ3n) is 4.15. The zero-order valence-electron chi connectivity index (χ0n) is 14.2. The van der Waals surface area contributed by atoms with Crippen LogP contribution >= 0.6 is 0 Å². The largest absolute Gasteiger partial charge is 0.338 e. The Morgan fingerprint density at radius 3 is 2.60 bits per heavy atom. The molecule has 126 valence electrons. The van der Waals surface area contributed by atoms with Crippen molar-refractivity contribution in [3.05, 3.63) is 54.2 Å². The maximum Gasteiger partial charge on any atom is 0.157 e. The molecule has 0 aliphatic rings. The van der Waals surface area contributed by atoms with E-state index in [4.69, 9.17) is 9.82 Å². The van der Waals surface area contributed by atoms with E-state index >= 15 is 0 Å². The van der Waals surface area contributed by atoms with E-state index in [1.54, 1.807) is 19.6 Å². The van der Waals surface area contributed by atoms with Gasteiger partial charge in [-0.15, -0.1) is 0 Å². The predicted octanol–water partition coefficient (Wildman–Crippen LogP) is 3.61. The SMILES string of the molecule is CONc1cccc2nc(Nc3c(C)cncc3C)c3cncn3c12. The van der Waals surface area contributed by atoms with Crippen LogP contribution in [0.1, 0.15) is 11.1 Å².